The van der Waals surface area contributed by atoms with Crippen LogP contribution in [-0.4, -0.2) is 17.3 Å². The van der Waals surface area contributed by atoms with Crippen molar-refractivity contribution in [1.82, 2.24) is 10.2 Å². The molecule has 0 bridgehead atoms. The Bertz CT molecular complexity index is 817. The van der Waals surface area contributed by atoms with Gasteiger partial charge in [0.1, 0.15) is 5.75 Å². The Kier molecular flexibility index (Phi) is 4.62. The number of methoxy groups -OCH3 is 1. The van der Waals surface area contributed by atoms with E-state index in [2.05, 4.69) is 37.5 Å². The van der Waals surface area contributed by atoms with E-state index in [9.17, 15) is 0 Å². The van der Waals surface area contributed by atoms with E-state index in [4.69, 9.17) is 9.15 Å². The fourth-order valence-corrected chi connectivity index (χ4v) is 2.73. The molecular formula is C17H16BrN3O2. The van der Waals surface area contributed by atoms with E-state index < -0.39 is 0 Å². The van der Waals surface area contributed by atoms with Gasteiger partial charge in [0.15, 0.2) is 0 Å². The van der Waals surface area contributed by atoms with Crippen LogP contribution in [-0.2, 0) is 6.54 Å². The highest BCUT2D eigenvalue weighted by molar-refractivity contribution is 9.10. The van der Waals surface area contributed by atoms with Gasteiger partial charge in [0.05, 0.1) is 19.2 Å². The maximum atomic E-state index is 5.72. The summed E-state index contributed by atoms with van der Waals surface area (Å²) in [5.74, 6) is 1.68. The number of benzene rings is 2. The van der Waals surface area contributed by atoms with Crippen LogP contribution >= 0.6 is 15.9 Å². The first-order chi connectivity index (χ1) is 11.2. The van der Waals surface area contributed by atoms with Crippen molar-refractivity contribution in [2.45, 2.75) is 13.5 Å². The van der Waals surface area contributed by atoms with Crippen LogP contribution in [0.25, 0.3) is 11.5 Å². The molecule has 0 spiro atoms. The van der Waals surface area contributed by atoms with Crippen LogP contribution in [0.1, 0.15) is 11.5 Å². The fourth-order valence-electron chi connectivity index (χ4n) is 2.25. The molecule has 0 aliphatic rings. The van der Waals surface area contributed by atoms with Crippen LogP contribution in [0.3, 0.4) is 0 Å². The van der Waals surface area contributed by atoms with Gasteiger partial charge in [0, 0.05) is 10.2 Å². The van der Waals surface area contributed by atoms with Gasteiger partial charge in [-0.25, -0.2) is 0 Å². The molecule has 0 radical (unpaired) electrons. The average Bonchev–Trinajstić information content (AvgIpc) is 3.03. The van der Waals surface area contributed by atoms with Gasteiger partial charge in [-0.2, -0.15) is 0 Å². The van der Waals surface area contributed by atoms with Crippen LogP contribution in [0, 0.1) is 6.92 Å². The minimum absolute atomic E-state index is 0.451. The number of aryl methyl sites for hydroxylation is 1. The van der Waals surface area contributed by atoms with Crippen molar-refractivity contribution >= 4 is 21.6 Å². The smallest absolute Gasteiger partial charge is 0.251 e. The molecule has 1 aromatic heterocycles. The molecule has 118 valence electrons. The fraction of sp³-hybridized carbons (Fsp3) is 0.176. The SMILES string of the molecule is COc1ccccc1-c1nnc(CNc2ccc(Br)cc2C)o1. The predicted molar refractivity (Wildman–Crippen MR) is 92.5 cm³/mol. The van der Waals surface area contributed by atoms with Crippen molar-refractivity contribution < 1.29 is 9.15 Å². The third-order valence-electron chi connectivity index (χ3n) is 3.42. The number of aromatic nitrogens is 2. The molecule has 0 fully saturated rings. The highest BCUT2D eigenvalue weighted by Crippen LogP contribution is 2.28. The number of halogens is 1. The molecule has 2 aromatic carbocycles. The topological polar surface area (TPSA) is 60.2 Å². The van der Waals surface area contributed by atoms with Crippen molar-refractivity contribution in [3.05, 3.63) is 58.4 Å². The van der Waals surface area contributed by atoms with Crippen LogP contribution in [0.2, 0.25) is 0 Å². The van der Waals surface area contributed by atoms with Crippen molar-refractivity contribution in [3.8, 4) is 17.2 Å². The van der Waals surface area contributed by atoms with Gasteiger partial charge in [-0.15, -0.1) is 10.2 Å². The molecule has 0 aliphatic carbocycles. The number of anilines is 1. The minimum atomic E-state index is 0.451. The lowest BCUT2D eigenvalue weighted by Gasteiger charge is -2.07. The molecule has 0 atom stereocenters. The second-order valence-corrected chi connectivity index (χ2v) is 5.93. The second kappa shape index (κ2) is 6.83. The Morgan fingerprint density at radius 1 is 1.17 bits per heavy atom. The van der Waals surface area contributed by atoms with Crippen LogP contribution in [0.4, 0.5) is 5.69 Å². The van der Waals surface area contributed by atoms with Crippen molar-refractivity contribution in [2.24, 2.45) is 0 Å². The number of rotatable bonds is 5. The van der Waals surface area contributed by atoms with Gasteiger partial charge in [-0.05, 0) is 42.8 Å². The first-order valence-corrected chi connectivity index (χ1v) is 7.92. The quantitative estimate of drug-likeness (QED) is 0.716. The third kappa shape index (κ3) is 3.53. The van der Waals surface area contributed by atoms with Gasteiger partial charge < -0.3 is 14.5 Å². The predicted octanol–water partition coefficient (Wildman–Crippen LogP) is 4.43. The normalized spacial score (nSPS) is 10.6. The standard InChI is InChI=1S/C17H16BrN3O2/c1-11-9-12(18)7-8-14(11)19-10-16-20-21-17(23-16)13-5-3-4-6-15(13)22-2/h3-9,19H,10H2,1-2H3. The third-order valence-corrected chi connectivity index (χ3v) is 3.92. The van der Waals surface area contributed by atoms with Crippen molar-refractivity contribution in [2.75, 3.05) is 12.4 Å². The lowest BCUT2D eigenvalue weighted by atomic mass is 10.2. The maximum Gasteiger partial charge on any atom is 0.251 e. The van der Waals surface area contributed by atoms with Crippen molar-refractivity contribution in [1.29, 1.82) is 0 Å². The molecule has 3 rings (SSSR count). The molecule has 0 amide bonds. The van der Waals surface area contributed by atoms with Crippen LogP contribution in [0.5, 0.6) is 5.75 Å². The Hall–Kier alpha value is -2.34. The van der Waals surface area contributed by atoms with Gasteiger partial charge in [0.25, 0.3) is 5.89 Å². The minimum Gasteiger partial charge on any atom is -0.496 e. The zero-order valence-corrected chi connectivity index (χ0v) is 14.4. The van der Waals surface area contributed by atoms with E-state index in [1.165, 1.54) is 0 Å². The lowest BCUT2D eigenvalue weighted by Crippen LogP contribution is -2.01. The number of hydrogen-bond donors (Lipinski definition) is 1. The summed E-state index contributed by atoms with van der Waals surface area (Å²) in [5.41, 5.74) is 2.96. The first-order valence-electron chi connectivity index (χ1n) is 7.13. The van der Waals surface area contributed by atoms with E-state index in [-0.39, 0.29) is 0 Å². The summed E-state index contributed by atoms with van der Waals surface area (Å²) in [6.07, 6.45) is 0. The Morgan fingerprint density at radius 3 is 2.78 bits per heavy atom. The van der Waals surface area contributed by atoms with Gasteiger partial charge >= 0.3 is 0 Å². The van der Waals surface area contributed by atoms with E-state index >= 15 is 0 Å². The van der Waals surface area contributed by atoms with E-state index in [0.29, 0.717) is 24.1 Å². The van der Waals surface area contributed by atoms with Gasteiger partial charge in [0.2, 0.25) is 5.89 Å². The molecule has 0 saturated carbocycles. The summed E-state index contributed by atoms with van der Waals surface area (Å²) >= 11 is 3.45. The van der Waals surface area contributed by atoms with E-state index in [1.54, 1.807) is 7.11 Å². The van der Waals surface area contributed by atoms with Gasteiger partial charge in [-0.3, -0.25) is 0 Å². The monoisotopic (exact) mass is 373 g/mol. The Labute approximate surface area is 142 Å². The van der Waals surface area contributed by atoms with Crippen LogP contribution in [0.15, 0.2) is 51.4 Å². The molecule has 1 heterocycles. The Balaban J connectivity index is 1.75. The highest BCUT2D eigenvalue weighted by atomic mass is 79.9. The maximum absolute atomic E-state index is 5.72. The first kappa shape index (κ1) is 15.6. The summed E-state index contributed by atoms with van der Waals surface area (Å²) < 4.78 is 12.1. The number of ether oxygens (including phenoxy) is 1. The molecular weight excluding hydrogens is 358 g/mol. The van der Waals surface area contributed by atoms with E-state index in [1.807, 2.05) is 43.3 Å². The molecule has 23 heavy (non-hydrogen) atoms. The van der Waals surface area contributed by atoms with Crippen molar-refractivity contribution in [3.63, 3.8) is 0 Å². The van der Waals surface area contributed by atoms with Crippen LogP contribution < -0.4 is 10.1 Å². The summed E-state index contributed by atoms with van der Waals surface area (Å²) in [7, 11) is 1.62. The summed E-state index contributed by atoms with van der Waals surface area (Å²) in [6, 6.07) is 13.6. The summed E-state index contributed by atoms with van der Waals surface area (Å²) in [4.78, 5) is 0. The van der Waals surface area contributed by atoms with E-state index in [0.717, 1.165) is 21.3 Å². The highest BCUT2D eigenvalue weighted by Gasteiger charge is 2.13. The molecule has 5 nitrogen and oxygen atoms in total. The summed E-state index contributed by atoms with van der Waals surface area (Å²) in [5, 5.41) is 11.5. The number of nitrogens with one attached hydrogen (secondary N) is 1. The molecule has 0 saturated heterocycles. The second-order valence-electron chi connectivity index (χ2n) is 5.01. The van der Waals surface area contributed by atoms with Gasteiger partial charge in [-0.1, -0.05) is 28.1 Å². The molecule has 0 unspecified atom stereocenters. The number of nitrogens with zero attached hydrogens (tertiary/aromatic N) is 2. The molecule has 6 heteroatoms. The molecule has 1 N–H and O–H groups in total. The summed E-state index contributed by atoms with van der Waals surface area (Å²) in [6.45, 7) is 2.51. The zero-order chi connectivity index (χ0) is 16.2. The number of para-hydroxylation sites is 1. The largest absolute Gasteiger partial charge is 0.496 e. The molecule has 3 aromatic rings. The number of hydrogen-bond acceptors (Lipinski definition) is 5. The Morgan fingerprint density at radius 2 is 2.00 bits per heavy atom. The molecule has 0 aliphatic heterocycles. The zero-order valence-electron chi connectivity index (χ0n) is 12.8. The lowest BCUT2D eigenvalue weighted by molar-refractivity contribution is 0.413. The average molecular weight is 374 g/mol.